The molecule has 0 unspecified atom stereocenters. The van der Waals surface area contributed by atoms with Crippen molar-refractivity contribution in [1.29, 1.82) is 0 Å². The number of ether oxygens (including phenoxy) is 2. The first-order chi connectivity index (χ1) is 12.7. The Kier molecular flexibility index (Phi) is 4.40. The Morgan fingerprint density at radius 1 is 1.19 bits per heavy atom. The van der Waals surface area contributed by atoms with Gasteiger partial charge >= 0.3 is 0 Å². The zero-order valence-corrected chi connectivity index (χ0v) is 14.8. The van der Waals surface area contributed by atoms with Crippen molar-refractivity contribution < 1.29 is 14.3 Å². The van der Waals surface area contributed by atoms with Crippen molar-refractivity contribution in [2.75, 3.05) is 17.4 Å². The minimum Gasteiger partial charge on any atom is -0.454 e. The van der Waals surface area contributed by atoms with Gasteiger partial charge in [-0.2, -0.15) is 0 Å². The molecule has 2 aromatic heterocycles. The van der Waals surface area contributed by atoms with E-state index < -0.39 is 0 Å². The van der Waals surface area contributed by atoms with Crippen molar-refractivity contribution in [2.24, 2.45) is 0 Å². The fraction of sp³-hybridized carbons (Fsp3) is 0.167. The van der Waals surface area contributed by atoms with Gasteiger partial charge in [0.1, 0.15) is 5.82 Å². The number of carbonyl (C=O) groups is 1. The third-order valence-electron chi connectivity index (χ3n) is 3.67. The molecule has 7 nitrogen and oxygen atoms in total. The SMILES string of the molecule is Cc1cccc(Nc2nc(CC(=O)Nc3ccc4c(c3)OCO4)cs2)n1. The normalized spacial score (nSPS) is 12.0. The van der Waals surface area contributed by atoms with Crippen LogP contribution in [0.15, 0.2) is 41.8 Å². The molecule has 1 amide bonds. The number of anilines is 3. The molecular weight excluding hydrogens is 352 g/mol. The number of hydrogen-bond donors (Lipinski definition) is 2. The molecule has 0 saturated carbocycles. The van der Waals surface area contributed by atoms with Crippen LogP contribution >= 0.6 is 11.3 Å². The molecule has 1 aliphatic rings. The lowest BCUT2D eigenvalue weighted by molar-refractivity contribution is -0.115. The molecule has 3 aromatic rings. The lowest BCUT2D eigenvalue weighted by Gasteiger charge is -2.05. The molecule has 3 heterocycles. The number of hydrogen-bond acceptors (Lipinski definition) is 7. The van der Waals surface area contributed by atoms with Crippen LogP contribution < -0.4 is 20.1 Å². The van der Waals surface area contributed by atoms with Gasteiger partial charge in [0.25, 0.3) is 0 Å². The second kappa shape index (κ2) is 7.01. The van der Waals surface area contributed by atoms with Crippen LogP contribution in [-0.4, -0.2) is 22.7 Å². The molecule has 0 fully saturated rings. The Bertz CT molecular complexity index is 957. The molecule has 0 aliphatic carbocycles. The van der Waals surface area contributed by atoms with Crippen LogP contribution in [0.5, 0.6) is 11.5 Å². The predicted octanol–water partition coefficient (Wildman–Crippen LogP) is 3.50. The lowest BCUT2D eigenvalue weighted by Crippen LogP contribution is -2.14. The van der Waals surface area contributed by atoms with Gasteiger partial charge in [-0.3, -0.25) is 4.79 Å². The number of nitrogens with zero attached hydrogens (tertiary/aromatic N) is 2. The number of fused-ring (bicyclic) bond motifs is 1. The molecule has 0 radical (unpaired) electrons. The first-order valence-electron chi connectivity index (χ1n) is 8.00. The molecule has 0 bridgehead atoms. The fourth-order valence-corrected chi connectivity index (χ4v) is 3.23. The van der Waals surface area contributed by atoms with Crippen LogP contribution in [0.4, 0.5) is 16.6 Å². The highest BCUT2D eigenvalue weighted by atomic mass is 32.1. The average Bonchev–Trinajstić information content (AvgIpc) is 3.23. The Morgan fingerprint density at radius 2 is 2.08 bits per heavy atom. The molecule has 4 rings (SSSR count). The van der Waals surface area contributed by atoms with Crippen molar-refractivity contribution >= 4 is 33.9 Å². The second-order valence-corrected chi connectivity index (χ2v) is 6.58. The zero-order valence-electron chi connectivity index (χ0n) is 14.0. The minimum absolute atomic E-state index is 0.144. The first kappa shape index (κ1) is 16.3. The number of pyridine rings is 1. The second-order valence-electron chi connectivity index (χ2n) is 5.73. The molecule has 8 heteroatoms. The van der Waals surface area contributed by atoms with Crippen molar-refractivity contribution in [1.82, 2.24) is 9.97 Å². The van der Waals surface area contributed by atoms with E-state index in [2.05, 4.69) is 20.6 Å². The van der Waals surface area contributed by atoms with E-state index >= 15 is 0 Å². The number of aryl methyl sites for hydroxylation is 1. The van der Waals surface area contributed by atoms with E-state index in [1.807, 2.05) is 30.5 Å². The number of benzene rings is 1. The molecule has 132 valence electrons. The summed E-state index contributed by atoms with van der Waals surface area (Å²) >= 11 is 1.44. The summed E-state index contributed by atoms with van der Waals surface area (Å²) in [4.78, 5) is 21.1. The average molecular weight is 368 g/mol. The smallest absolute Gasteiger partial charge is 0.231 e. The van der Waals surface area contributed by atoms with E-state index in [4.69, 9.17) is 9.47 Å². The van der Waals surface area contributed by atoms with Crippen LogP contribution in [-0.2, 0) is 11.2 Å². The molecule has 1 aromatic carbocycles. The van der Waals surface area contributed by atoms with Gasteiger partial charge in [-0.05, 0) is 31.2 Å². The first-order valence-corrected chi connectivity index (χ1v) is 8.88. The van der Waals surface area contributed by atoms with E-state index in [1.165, 1.54) is 11.3 Å². The highest BCUT2D eigenvalue weighted by Gasteiger charge is 2.15. The van der Waals surface area contributed by atoms with Gasteiger partial charge in [0.2, 0.25) is 12.7 Å². The molecule has 1 aliphatic heterocycles. The van der Waals surface area contributed by atoms with Gasteiger partial charge in [-0.25, -0.2) is 9.97 Å². The van der Waals surface area contributed by atoms with Gasteiger partial charge in [0.15, 0.2) is 16.6 Å². The van der Waals surface area contributed by atoms with E-state index in [9.17, 15) is 4.79 Å². The maximum absolute atomic E-state index is 12.2. The largest absolute Gasteiger partial charge is 0.454 e. The van der Waals surface area contributed by atoms with Crippen molar-refractivity contribution in [3.63, 3.8) is 0 Å². The standard InChI is InChI=1S/C18H16N4O3S/c1-11-3-2-4-16(19-11)22-18-21-13(9-26-18)8-17(23)20-12-5-6-14-15(7-12)25-10-24-14/h2-7,9H,8,10H2,1H3,(H,20,23)(H,19,21,22). The summed E-state index contributed by atoms with van der Waals surface area (Å²) in [6.45, 7) is 2.13. The van der Waals surface area contributed by atoms with Gasteiger partial charge in [-0.1, -0.05) is 6.07 Å². The van der Waals surface area contributed by atoms with Crippen LogP contribution in [0, 0.1) is 6.92 Å². The minimum atomic E-state index is -0.144. The number of amides is 1. The van der Waals surface area contributed by atoms with E-state index in [-0.39, 0.29) is 19.1 Å². The fourth-order valence-electron chi connectivity index (χ4n) is 2.51. The maximum atomic E-state index is 12.2. The summed E-state index contributed by atoms with van der Waals surface area (Å²) in [5.41, 5.74) is 2.29. The van der Waals surface area contributed by atoms with Crippen LogP contribution in [0.2, 0.25) is 0 Å². The van der Waals surface area contributed by atoms with Crippen molar-refractivity contribution in [2.45, 2.75) is 13.3 Å². The zero-order chi connectivity index (χ0) is 17.9. The summed E-state index contributed by atoms with van der Waals surface area (Å²) in [5, 5.41) is 8.56. The molecule has 0 atom stereocenters. The number of thiazole rings is 1. The quantitative estimate of drug-likeness (QED) is 0.717. The van der Waals surface area contributed by atoms with Crippen LogP contribution in [0.3, 0.4) is 0 Å². The Morgan fingerprint density at radius 3 is 2.96 bits per heavy atom. The third-order valence-corrected chi connectivity index (χ3v) is 4.48. The Labute approximate surface area is 154 Å². The van der Waals surface area contributed by atoms with Gasteiger partial charge < -0.3 is 20.1 Å². The maximum Gasteiger partial charge on any atom is 0.231 e. The number of aromatic nitrogens is 2. The number of rotatable bonds is 5. The molecular formula is C18H16N4O3S. The molecule has 26 heavy (non-hydrogen) atoms. The highest BCUT2D eigenvalue weighted by Crippen LogP contribution is 2.34. The van der Waals surface area contributed by atoms with E-state index in [1.54, 1.807) is 18.2 Å². The Hall–Kier alpha value is -3.13. The summed E-state index contributed by atoms with van der Waals surface area (Å²) in [6.07, 6.45) is 0.188. The van der Waals surface area contributed by atoms with Crippen LogP contribution in [0.1, 0.15) is 11.4 Å². The van der Waals surface area contributed by atoms with E-state index in [0.29, 0.717) is 28.0 Å². The summed E-state index contributed by atoms with van der Waals surface area (Å²) in [6, 6.07) is 11.0. The predicted molar refractivity (Wildman–Crippen MR) is 99.3 cm³/mol. The topological polar surface area (TPSA) is 85.4 Å². The van der Waals surface area contributed by atoms with Crippen LogP contribution in [0.25, 0.3) is 0 Å². The van der Waals surface area contributed by atoms with Crippen molar-refractivity contribution in [3.05, 3.63) is 53.2 Å². The number of carbonyl (C=O) groups excluding carboxylic acids is 1. The van der Waals surface area contributed by atoms with E-state index in [0.717, 1.165) is 11.5 Å². The molecule has 2 N–H and O–H groups in total. The van der Waals surface area contributed by atoms with Gasteiger partial charge in [0, 0.05) is 22.8 Å². The van der Waals surface area contributed by atoms with Crippen molar-refractivity contribution in [3.8, 4) is 11.5 Å². The van der Waals surface area contributed by atoms with Gasteiger partial charge in [-0.15, -0.1) is 11.3 Å². The van der Waals surface area contributed by atoms with Gasteiger partial charge in [0.05, 0.1) is 12.1 Å². The third kappa shape index (κ3) is 3.75. The Balaban J connectivity index is 1.37. The molecule has 0 spiro atoms. The number of nitrogens with one attached hydrogen (secondary N) is 2. The monoisotopic (exact) mass is 368 g/mol. The lowest BCUT2D eigenvalue weighted by atomic mass is 10.2. The highest BCUT2D eigenvalue weighted by molar-refractivity contribution is 7.13. The molecule has 0 saturated heterocycles. The summed E-state index contributed by atoms with van der Waals surface area (Å²) < 4.78 is 10.6. The summed E-state index contributed by atoms with van der Waals surface area (Å²) in [5.74, 6) is 1.90. The summed E-state index contributed by atoms with van der Waals surface area (Å²) in [7, 11) is 0.